The average Bonchev–Trinajstić information content (AvgIpc) is 2.83. The van der Waals surface area contributed by atoms with Crippen LogP contribution >= 0.6 is 0 Å². The number of nitrogens with one attached hydrogen (secondary N) is 2. The van der Waals surface area contributed by atoms with Crippen LogP contribution in [0.25, 0.3) is 0 Å². The molecule has 2 unspecified atom stereocenters. The van der Waals surface area contributed by atoms with Gasteiger partial charge in [0.05, 0.1) is 5.69 Å². The van der Waals surface area contributed by atoms with Crippen LogP contribution in [0.2, 0.25) is 0 Å². The molecule has 208 valence electrons. The fourth-order valence-corrected chi connectivity index (χ4v) is 8.69. The van der Waals surface area contributed by atoms with Gasteiger partial charge in [-0.25, -0.2) is 9.18 Å². The lowest BCUT2D eigenvalue weighted by Crippen LogP contribution is -2.65. The van der Waals surface area contributed by atoms with Crippen molar-refractivity contribution in [3.63, 3.8) is 0 Å². The molecule has 1 heterocycles. The van der Waals surface area contributed by atoms with Crippen LogP contribution in [0.1, 0.15) is 75.6 Å². The number of hydrogen-bond acceptors (Lipinski definition) is 5. The predicted molar refractivity (Wildman–Crippen MR) is 138 cm³/mol. The molecule has 1 aromatic rings. The number of likely N-dealkylation sites (tertiary alicyclic amines) is 1. The van der Waals surface area contributed by atoms with Gasteiger partial charge in [-0.3, -0.25) is 14.5 Å². The van der Waals surface area contributed by atoms with E-state index in [1.807, 2.05) is 0 Å². The fourth-order valence-electron chi connectivity index (χ4n) is 8.69. The molecular formula is C28H39FN4O5. The summed E-state index contributed by atoms with van der Waals surface area (Å²) >= 11 is 0. The maximum absolute atomic E-state index is 15.0. The Bertz CT molecular complexity index is 1100. The number of piperidine rings is 1. The van der Waals surface area contributed by atoms with E-state index in [0.717, 1.165) is 30.2 Å². The van der Waals surface area contributed by atoms with Crippen LogP contribution in [0.5, 0.6) is 0 Å². The summed E-state index contributed by atoms with van der Waals surface area (Å²) in [5.74, 6) is -1.14. The first-order chi connectivity index (χ1) is 18.0. The molecule has 4 saturated carbocycles. The van der Waals surface area contributed by atoms with Crippen LogP contribution in [-0.2, 0) is 4.79 Å². The van der Waals surface area contributed by atoms with Crippen LogP contribution in [0, 0.1) is 28.5 Å². The Morgan fingerprint density at radius 3 is 2.21 bits per heavy atom. The van der Waals surface area contributed by atoms with E-state index in [2.05, 4.69) is 24.5 Å². The van der Waals surface area contributed by atoms with Gasteiger partial charge in [0, 0.05) is 30.1 Å². The Morgan fingerprint density at radius 1 is 1.03 bits per heavy atom. The summed E-state index contributed by atoms with van der Waals surface area (Å²) in [6.45, 7) is 4.16. The molecule has 1 aliphatic heterocycles. The minimum Gasteiger partial charge on any atom is -0.376 e. The number of carbonyl (C=O) groups is 3. The van der Waals surface area contributed by atoms with Crippen molar-refractivity contribution in [1.29, 1.82) is 0 Å². The van der Waals surface area contributed by atoms with Crippen LogP contribution in [0.3, 0.4) is 0 Å². The van der Waals surface area contributed by atoms with Crippen molar-refractivity contribution in [2.24, 2.45) is 22.7 Å². The maximum Gasteiger partial charge on any atom is 0.319 e. The third kappa shape index (κ3) is 5.12. The van der Waals surface area contributed by atoms with Crippen molar-refractivity contribution in [2.45, 2.75) is 70.8 Å². The Hall–Kier alpha value is -2.72. The second-order valence-electron chi connectivity index (χ2n) is 12.9. The van der Waals surface area contributed by atoms with E-state index >= 15 is 0 Å². The van der Waals surface area contributed by atoms with Gasteiger partial charge in [-0.05, 0) is 86.3 Å². The quantitative estimate of drug-likeness (QED) is 0.421. The van der Waals surface area contributed by atoms with Crippen LogP contribution in [0.4, 0.5) is 14.9 Å². The number of carbonyl (C=O) groups excluding carboxylic acids is 3. The molecular weight excluding hydrogens is 491 g/mol. The van der Waals surface area contributed by atoms with E-state index in [0.29, 0.717) is 31.8 Å². The molecule has 10 heteroatoms. The summed E-state index contributed by atoms with van der Waals surface area (Å²) in [5, 5.41) is 24.3. The van der Waals surface area contributed by atoms with Crippen molar-refractivity contribution >= 4 is 23.5 Å². The van der Waals surface area contributed by atoms with Crippen molar-refractivity contribution in [1.82, 2.24) is 15.1 Å². The maximum atomic E-state index is 15.0. The van der Waals surface area contributed by atoms with Gasteiger partial charge in [-0.1, -0.05) is 13.8 Å². The Balaban J connectivity index is 1.18. The number of nitrogens with zero attached hydrogens (tertiary/aromatic N) is 2. The lowest BCUT2D eigenvalue weighted by atomic mass is 9.43. The number of aliphatic hydroxyl groups excluding tert-OH is 2. The highest BCUT2D eigenvalue weighted by molar-refractivity contribution is 5.96. The van der Waals surface area contributed by atoms with Crippen LogP contribution < -0.4 is 10.6 Å². The largest absolute Gasteiger partial charge is 0.376 e. The zero-order valence-corrected chi connectivity index (χ0v) is 22.3. The summed E-state index contributed by atoms with van der Waals surface area (Å²) in [7, 11) is 0. The van der Waals surface area contributed by atoms with E-state index in [9.17, 15) is 29.0 Å². The van der Waals surface area contributed by atoms with E-state index in [1.165, 1.54) is 31.4 Å². The first kappa shape index (κ1) is 26.9. The second kappa shape index (κ2) is 9.79. The molecule has 9 nitrogen and oxygen atoms in total. The van der Waals surface area contributed by atoms with Crippen molar-refractivity contribution in [3.05, 3.63) is 29.6 Å². The molecule has 1 aromatic carbocycles. The zero-order chi connectivity index (χ0) is 27.3. The predicted octanol–water partition coefficient (Wildman–Crippen LogP) is 3.28. The fraction of sp³-hybridized carbons (Fsp3) is 0.679. The van der Waals surface area contributed by atoms with E-state index in [1.54, 1.807) is 4.90 Å². The number of urea groups is 1. The SMILES string of the molecule is C[C@]12CC3CC(NC(=O)Nc4ccc(C(=O)N5CCC(C(=O)N(CO)CO)CC5)cc4F)(C1)C[C@@](C)(C3)C2. The van der Waals surface area contributed by atoms with Gasteiger partial charge in [-0.2, -0.15) is 0 Å². The van der Waals surface area contributed by atoms with E-state index in [-0.39, 0.29) is 45.4 Å². The minimum atomic E-state index is -0.679. The zero-order valence-electron chi connectivity index (χ0n) is 22.3. The smallest absolute Gasteiger partial charge is 0.319 e. The second-order valence-corrected chi connectivity index (χ2v) is 12.9. The Labute approximate surface area is 222 Å². The highest BCUT2D eigenvalue weighted by Gasteiger charge is 2.60. The molecule has 4 N–H and O–H groups in total. The average molecular weight is 531 g/mol. The standard InChI is InChI=1S/C28H39FN4O5/c1-26-10-18-11-27(2,13-26)15-28(12-18,14-26)31-25(38)30-22-4-3-20(9-21(22)29)24(37)32-7-5-19(6-8-32)23(36)33(16-34)17-35/h3-4,9,18-19,34-35H,5-8,10-17H2,1-2H3,(H2,30,31,38)/t18?,26-,27+,28?. The minimum absolute atomic E-state index is 0.0265. The first-order valence-corrected chi connectivity index (χ1v) is 13.6. The third-order valence-electron chi connectivity index (χ3n) is 9.25. The molecule has 0 aromatic heterocycles. The topological polar surface area (TPSA) is 122 Å². The molecule has 38 heavy (non-hydrogen) atoms. The number of aliphatic hydroxyl groups is 2. The van der Waals surface area contributed by atoms with Gasteiger partial charge in [0.1, 0.15) is 19.3 Å². The van der Waals surface area contributed by atoms with Crippen molar-refractivity contribution in [3.8, 4) is 0 Å². The van der Waals surface area contributed by atoms with Crippen LogP contribution in [-0.4, -0.2) is 69.9 Å². The molecule has 0 radical (unpaired) electrons. The number of anilines is 1. The highest BCUT2D eigenvalue weighted by Crippen LogP contribution is 2.66. The summed E-state index contributed by atoms with van der Waals surface area (Å²) in [4.78, 5) is 40.8. The normalized spacial score (nSPS) is 32.2. The number of halogens is 1. The van der Waals surface area contributed by atoms with E-state index in [4.69, 9.17) is 0 Å². The summed E-state index contributed by atoms with van der Waals surface area (Å²) in [5.41, 5.74) is 0.436. The monoisotopic (exact) mass is 530 g/mol. The number of amides is 4. The van der Waals surface area contributed by atoms with Crippen molar-refractivity contribution < 1.29 is 29.0 Å². The number of rotatable bonds is 6. The first-order valence-electron chi connectivity index (χ1n) is 13.6. The lowest BCUT2D eigenvalue weighted by Gasteiger charge is -2.65. The van der Waals surface area contributed by atoms with Gasteiger partial charge < -0.3 is 25.7 Å². The molecule has 4 amide bonds. The number of benzene rings is 1. The van der Waals surface area contributed by atoms with Gasteiger partial charge in [-0.15, -0.1) is 0 Å². The molecule has 4 atom stereocenters. The highest BCUT2D eigenvalue weighted by atomic mass is 19.1. The molecule has 5 fully saturated rings. The Morgan fingerprint density at radius 2 is 1.66 bits per heavy atom. The molecule has 1 saturated heterocycles. The van der Waals surface area contributed by atoms with E-state index < -0.39 is 25.3 Å². The molecule has 6 rings (SSSR count). The van der Waals surface area contributed by atoms with Crippen LogP contribution in [0.15, 0.2) is 18.2 Å². The summed E-state index contributed by atoms with van der Waals surface area (Å²) in [6.07, 6.45) is 7.30. The van der Waals surface area contributed by atoms with Crippen molar-refractivity contribution in [2.75, 3.05) is 31.9 Å². The summed E-state index contributed by atoms with van der Waals surface area (Å²) < 4.78 is 15.0. The molecule has 4 aliphatic carbocycles. The summed E-state index contributed by atoms with van der Waals surface area (Å²) in [6, 6.07) is 3.65. The molecule has 0 spiro atoms. The third-order valence-corrected chi connectivity index (χ3v) is 9.25. The molecule has 4 bridgehead atoms. The number of hydrogen-bond donors (Lipinski definition) is 4. The van der Waals surface area contributed by atoms with Gasteiger partial charge in [0.25, 0.3) is 5.91 Å². The van der Waals surface area contributed by atoms with Gasteiger partial charge in [0.15, 0.2) is 0 Å². The Kier molecular flexibility index (Phi) is 6.92. The molecule has 5 aliphatic rings. The van der Waals surface area contributed by atoms with Gasteiger partial charge in [0.2, 0.25) is 5.91 Å². The lowest BCUT2D eigenvalue weighted by molar-refractivity contribution is -0.145. The van der Waals surface area contributed by atoms with Gasteiger partial charge >= 0.3 is 6.03 Å².